The molecule has 0 N–H and O–H groups in total. The Morgan fingerprint density at radius 1 is 1.33 bits per heavy atom. The summed E-state index contributed by atoms with van der Waals surface area (Å²) in [5.74, 6) is 0. The van der Waals surface area contributed by atoms with Crippen molar-refractivity contribution in [1.82, 2.24) is 4.90 Å². The first-order chi connectivity index (χ1) is 5.72. The second-order valence-corrected chi connectivity index (χ2v) is 3.39. The number of hydrogen-bond acceptors (Lipinski definition) is 2. The third kappa shape index (κ3) is 5.15. The van der Waals surface area contributed by atoms with E-state index in [1.807, 2.05) is 0 Å². The third-order valence-corrected chi connectivity index (χ3v) is 2.04. The maximum atomic E-state index is 8.45. The van der Waals surface area contributed by atoms with E-state index in [9.17, 15) is 0 Å². The van der Waals surface area contributed by atoms with Gasteiger partial charge < -0.3 is 0 Å². The molecule has 0 heterocycles. The predicted octanol–water partition coefficient (Wildman–Crippen LogP) is 2.41. The zero-order chi connectivity index (χ0) is 9.40. The Morgan fingerprint density at radius 3 is 2.42 bits per heavy atom. The van der Waals surface area contributed by atoms with E-state index in [2.05, 4.69) is 31.7 Å². The molecule has 0 spiro atoms. The minimum Gasteiger partial charge on any atom is -0.300 e. The Balaban J connectivity index is 3.64. The highest BCUT2D eigenvalue weighted by Crippen LogP contribution is 2.02. The lowest BCUT2D eigenvalue weighted by atomic mass is 10.2. The molecule has 0 amide bonds. The van der Waals surface area contributed by atoms with Crippen molar-refractivity contribution < 1.29 is 0 Å². The molecule has 0 unspecified atom stereocenters. The summed E-state index contributed by atoms with van der Waals surface area (Å²) in [6, 6.07) is 2.76. The smallest absolute Gasteiger partial charge is 0.0635 e. The first-order valence-electron chi connectivity index (χ1n) is 4.83. The molecule has 0 aliphatic heterocycles. The van der Waals surface area contributed by atoms with Crippen molar-refractivity contribution in [2.24, 2.45) is 0 Å². The Bertz CT molecular complexity index is 135. The Hall–Kier alpha value is -0.550. The fourth-order valence-electron chi connectivity index (χ4n) is 1.18. The lowest BCUT2D eigenvalue weighted by Crippen LogP contribution is -2.32. The van der Waals surface area contributed by atoms with Crippen LogP contribution in [-0.2, 0) is 0 Å². The van der Waals surface area contributed by atoms with E-state index in [1.54, 1.807) is 0 Å². The lowest BCUT2D eigenvalue weighted by Gasteiger charge is -2.24. The molecule has 2 nitrogen and oxygen atoms in total. The molecule has 0 aliphatic carbocycles. The highest BCUT2D eigenvalue weighted by molar-refractivity contribution is 4.73. The number of rotatable bonds is 6. The van der Waals surface area contributed by atoms with E-state index in [-0.39, 0.29) is 0 Å². The van der Waals surface area contributed by atoms with Gasteiger partial charge in [-0.05, 0) is 26.8 Å². The standard InChI is InChI=1S/C10H20N2/c1-4-5-8-12(10(2)3)9-6-7-11/h10H,4-6,8-9H2,1-3H3. The van der Waals surface area contributed by atoms with Gasteiger partial charge in [0.1, 0.15) is 0 Å². The summed E-state index contributed by atoms with van der Waals surface area (Å²) in [4.78, 5) is 2.37. The zero-order valence-electron chi connectivity index (χ0n) is 8.51. The predicted molar refractivity (Wildman–Crippen MR) is 51.8 cm³/mol. The van der Waals surface area contributed by atoms with Crippen molar-refractivity contribution in [3.63, 3.8) is 0 Å². The summed E-state index contributed by atoms with van der Waals surface area (Å²) in [7, 11) is 0. The summed E-state index contributed by atoms with van der Waals surface area (Å²) in [5.41, 5.74) is 0. The van der Waals surface area contributed by atoms with Crippen LogP contribution in [-0.4, -0.2) is 24.0 Å². The van der Waals surface area contributed by atoms with Gasteiger partial charge in [-0.2, -0.15) is 5.26 Å². The Labute approximate surface area is 76.2 Å². The average molecular weight is 168 g/mol. The molecular weight excluding hydrogens is 148 g/mol. The Kier molecular flexibility index (Phi) is 6.79. The molecule has 0 saturated carbocycles. The Morgan fingerprint density at radius 2 is 2.00 bits per heavy atom. The van der Waals surface area contributed by atoms with E-state index in [1.165, 1.54) is 12.8 Å². The molecule has 0 aromatic carbocycles. The van der Waals surface area contributed by atoms with E-state index < -0.39 is 0 Å². The monoisotopic (exact) mass is 168 g/mol. The van der Waals surface area contributed by atoms with Crippen molar-refractivity contribution in [3.8, 4) is 6.07 Å². The topological polar surface area (TPSA) is 27.0 Å². The molecule has 12 heavy (non-hydrogen) atoms. The van der Waals surface area contributed by atoms with E-state index in [0.717, 1.165) is 13.1 Å². The number of hydrogen-bond donors (Lipinski definition) is 0. The molecule has 0 aromatic rings. The second kappa shape index (κ2) is 7.12. The van der Waals surface area contributed by atoms with Gasteiger partial charge in [0.15, 0.2) is 0 Å². The van der Waals surface area contributed by atoms with Gasteiger partial charge in [-0.1, -0.05) is 13.3 Å². The fraction of sp³-hybridized carbons (Fsp3) is 0.900. The molecule has 0 fully saturated rings. The van der Waals surface area contributed by atoms with Crippen molar-refractivity contribution in [2.45, 2.75) is 46.1 Å². The minimum absolute atomic E-state index is 0.574. The maximum absolute atomic E-state index is 8.45. The first-order valence-corrected chi connectivity index (χ1v) is 4.83. The first kappa shape index (κ1) is 11.4. The molecule has 0 atom stereocenters. The molecular formula is C10H20N2. The largest absolute Gasteiger partial charge is 0.300 e. The molecule has 0 aliphatic rings. The van der Waals surface area contributed by atoms with Crippen LogP contribution < -0.4 is 0 Å². The lowest BCUT2D eigenvalue weighted by molar-refractivity contribution is 0.223. The number of unbranched alkanes of at least 4 members (excludes halogenated alkanes) is 1. The van der Waals surface area contributed by atoms with Crippen LogP contribution >= 0.6 is 0 Å². The molecule has 70 valence electrons. The van der Waals surface area contributed by atoms with Crippen molar-refractivity contribution in [2.75, 3.05) is 13.1 Å². The summed E-state index contributed by atoms with van der Waals surface area (Å²) < 4.78 is 0. The van der Waals surface area contributed by atoms with Crippen LogP contribution in [0.15, 0.2) is 0 Å². The summed E-state index contributed by atoms with van der Waals surface area (Å²) >= 11 is 0. The van der Waals surface area contributed by atoms with Crippen molar-refractivity contribution in [3.05, 3.63) is 0 Å². The van der Waals surface area contributed by atoms with Gasteiger partial charge in [0, 0.05) is 19.0 Å². The van der Waals surface area contributed by atoms with E-state index >= 15 is 0 Å². The quantitative estimate of drug-likeness (QED) is 0.609. The van der Waals surface area contributed by atoms with Gasteiger partial charge in [0.25, 0.3) is 0 Å². The summed E-state index contributed by atoms with van der Waals surface area (Å²) in [5, 5.41) is 8.45. The van der Waals surface area contributed by atoms with Gasteiger partial charge in [-0.3, -0.25) is 4.90 Å². The van der Waals surface area contributed by atoms with Crippen LogP contribution in [0.3, 0.4) is 0 Å². The maximum Gasteiger partial charge on any atom is 0.0635 e. The van der Waals surface area contributed by atoms with Crippen LogP contribution in [0.2, 0.25) is 0 Å². The molecule has 0 radical (unpaired) electrons. The van der Waals surface area contributed by atoms with Crippen molar-refractivity contribution in [1.29, 1.82) is 5.26 Å². The molecule has 0 saturated heterocycles. The third-order valence-electron chi connectivity index (χ3n) is 2.04. The van der Waals surface area contributed by atoms with Crippen LogP contribution in [0, 0.1) is 11.3 Å². The minimum atomic E-state index is 0.574. The second-order valence-electron chi connectivity index (χ2n) is 3.39. The highest BCUT2D eigenvalue weighted by Gasteiger charge is 2.06. The summed E-state index contributed by atoms with van der Waals surface area (Å²) in [6.07, 6.45) is 3.13. The molecule has 0 rings (SSSR count). The highest BCUT2D eigenvalue weighted by atomic mass is 15.1. The SMILES string of the molecule is CCCCN(CCC#N)C(C)C. The molecule has 0 bridgehead atoms. The van der Waals surface area contributed by atoms with E-state index in [4.69, 9.17) is 5.26 Å². The fourth-order valence-corrected chi connectivity index (χ4v) is 1.18. The van der Waals surface area contributed by atoms with Gasteiger partial charge >= 0.3 is 0 Å². The van der Waals surface area contributed by atoms with Crippen LogP contribution in [0.5, 0.6) is 0 Å². The zero-order valence-corrected chi connectivity index (χ0v) is 8.51. The summed E-state index contributed by atoms with van der Waals surface area (Å²) in [6.45, 7) is 8.63. The number of nitrogens with zero attached hydrogens (tertiary/aromatic N) is 2. The molecule has 0 aromatic heterocycles. The number of nitriles is 1. The van der Waals surface area contributed by atoms with Crippen molar-refractivity contribution >= 4 is 0 Å². The van der Waals surface area contributed by atoms with Gasteiger partial charge in [-0.25, -0.2) is 0 Å². The molecule has 2 heteroatoms. The van der Waals surface area contributed by atoms with Gasteiger partial charge in [0.2, 0.25) is 0 Å². The van der Waals surface area contributed by atoms with Gasteiger partial charge in [-0.15, -0.1) is 0 Å². The normalized spacial score (nSPS) is 10.7. The van der Waals surface area contributed by atoms with Gasteiger partial charge in [0.05, 0.1) is 6.07 Å². The van der Waals surface area contributed by atoms with E-state index in [0.29, 0.717) is 12.5 Å². The average Bonchev–Trinajstić information content (AvgIpc) is 2.04. The van der Waals surface area contributed by atoms with Crippen LogP contribution in [0.25, 0.3) is 0 Å². The van der Waals surface area contributed by atoms with Crippen LogP contribution in [0.1, 0.15) is 40.0 Å². The van der Waals surface area contributed by atoms with Crippen LogP contribution in [0.4, 0.5) is 0 Å².